The van der Waals surface area contributed by atoms with Gasteiger partial charge >= 0.3 is 0 Å². The van der Waals surface area contributed by atoms with Crippen molar-refractivity contribution in [2.24, 2.45) is 0 Å². The summed E-state index contributed by atoms with van der Waals surface area (Å²) in [4.78, 5) is 37.8. The molecule has 0 saturated carbocycles. The molecule has 164 valence electrons. The van der Waals surface area contributed by atoms with Gasteiger partial charge in [0.15, 0.2) is 0 Å². The second-order valence-corrected chi connectivity index (χ2v) is 9.32. The number of hydrogen-bond donors (Lipinski definition) is 1. The van der Waals surface area contributed by atoms with E-state index in [0.717, 1.165) is 29.5 Å². The first-order valence-electron chi connectivity index (χ1n) is 10.7. The number of piperazine rings is 1. The van der Waals surface area contributed by atoms with Crippen LogP contribution in [0.5, 0.6) is 0 Å². The largest absolute Gasteiger partial charge is 0.363 e. The summed E-state index contributed by atoms with van der Waals surface area (Å²) in [5.41, 5.74) is 1.91. The van der Waals surface area contributed by atoms with Gasteiger partial charge in [0, 0.05) is 37.1 Å². The van der Waals surface area contributed by atoms with Gasteiger partial charge in [0.05, 0.1) is 28.5 Å². The van der Waals surface area contributed by atoms with Crippen LogP contribution in [-0.2, 0) is 19.4 Å². The maximum Gasteiger partial charge on any atom is 0.293 e. The highest BCUT2D eigenvalue weighted by molar-refractivity contribution is 7.18. The molecule has 0 bridgehead atoms. The molecule has 3 aromatic rings. The summed E-state index contributed by atoms with van der Waals surface area (Å²) >= 11 is 1.65. The number of aryl methyl sites for hydroxylation is 2. The molecule has 1 aromatic carbocycles. The molecule has 5 rings (SSSR count). The Morgan fingerprint density at radius 3 is 2.75 bits per heavy atom. The van der Waals surface area contributed by atoms with Crippen LogP contribution in [-0.4, -0.2) is 46.0 Å². The molecule has 1 aliphatic carbocycles. The molecule has 3 heterocycles. The molecule has 1 N–H and O–H groups in total. The minimum Gasteiger partial charge on any atom is -0.363 e. The van der Waals surface area contributed by atoms with Gasteiger partial charge in [-0.2, -0.15) is 5.26 Å². The lowest BCUT2D eigenvalue weighted by Gasteiger charge is -2.35. The fourth-order valence-corrected chi connectivity index (χ4v) is 5.93. The number of hydrogen-bond acceptors (Lipinski definition) is 8. The SMILES string of the molecule is N#Cc1ccc(N2CCN(Cc3nc4sc5c(c4c(=O)[nH]3)CCCC5)CC2)c([N+](=O)[O-])c1. The van der Waals surface area contributed by atoms with Crippen LogP contribution in [0.15, 0.2) is 23.0 Å². The van der Waals surface area contributed by atoms with Crippen LogP contribution in [0.2, 0.25) is 0 Å². The number of rotatable bonds is 4. The average Bonchev–Trinajstić information content (AvgIpc) is 3.18. The predicted octanol–water partition coefficient (Wildman–Crippen LogP) is 2.97. The Morgan fingerprint density at radius 1 is 1.22 bits per heavy atom. The quantitative estimate of drug-likeness (QED) is 0.479. The minimum atomic E-state index is -0.437. The highest BCUT2D eigenvalue weighted by Crippen LogP contribution is 2.34. The molecule has 1 aliphatic heterocycles. The van der Waals surface area contributed by atoms with Crippen molar-refractivity contribution >= 4 is 32.9 Å². The van der Waals surface area contributed by atoms with Crippen molar-refractivity contribution < 1.29 is 4.92 Å². The van der Waals surface area contributed by atoms with Crippen molar-refractivity contribution in [2.45, 2.75) is 32.2 Å². The van der Waals surface area contributed by atoms with Crippen molar-refractivity contribution in [1.29, 1.82) is 5.26 Å². The molecule has 0 unspecified atom stereocenters. The number of thiophene rings is 1. The third kappa shape index (κ3) is 3.74. The van der Waals surface area contributed by atoms with E-state index in [9.17, 15) is 14.9 Å². The van der Waals surface area contributed by atoms with Gasteiger partial charge in [-0.3, -0.25) is 19.8 Å². The van der Waals surface area contributed by atoms with Crippen molar-refractivity contribution in [1.82, 2.24) is 14.9 Å². The molecule has 0 spiro atoms. The Hall–Kier alpha value is -3.29. The number of H-pyrrole nitrogens is 1. The van der Waals surface area contributed by atoms with E-state index in [2.05, 4.69) is 9.88 Å². The zero-order valence-electron chi connectivity index (χ0n) is 17.5. The zero-order valence-corrected chi connectivity index (χ0v) is 18.3. The van der Waals surface area contributed by atoms with Gasteiger partial charge in [0.2, 0.25) is 0 Å². The number of aromatic nitrogens is 2. The summed E-state index contributed by atoms with van der Waals surface area (Å²) in [5, 5.41) is 21.3. The van der Waals surface area contributed by atoms with Gasteiger partial charge in [0.25, 0.3) is 11.2 Å². The van der Waals surface area contributed by atoms with Crippen LogP contribution in [0.3, 0.4) is 0 Å². The smallest absolute Gasteiger partial charge is 0.293 e. The molecule has 10 heteroatoms. The number of nitro groups is 1. The number of nitrogens with one attached hydrogen (secondary N) is 1. The van der Waals surface area contributed by atoms with Crippen LogP contribution in [0.25, 0.3) is 10.2 Å². The fraction of sp³-hybridized carbons (Fsp3) is 0.409. The van der Waals surface area contributed by atoms with Crippen LogP contribution >= 0.6 is 11.3 Å². The summed E-state index contributed by atoms with van der Waals surface area (Å²) in [6, 6.07) is 6.54. The number of aromatic amines is 1. The number of benzene rings is 1. The maximum absolute atomic E-state index is 12.8. The van der Waals surface area contributed by atoms with E-state index < -0.39 is 4.92 Å². The van der Waals surface area contributed by atoms with Crippen molar-refractivity contribution in [3.8, 4) is 6.07 Å². The first-order chi connectivity index (χ1) is 15.5. The molecule has 0 amide bonds. The zero-order chi connectivity index (χ0) is 22.2. The van der Waals surface area contributed by atoms with E-state index in [1.165, 1.54) is 22.9 Å². The lowest BCUT2D eigenvalue weighted by Crippen LogP contribution is -2.46. The monoisotopic (exact) mass is 450 g/mol. The topological polar surface area (TPSA) is 119 Å². The standard InChI is InChI=1S/C22H22N6O3S/c23-12-14-5-6-16(17(11-14)28(30)31)27-9-7-26(8-10-27)13-19-24-21(29)20-15-3-1-2-4-18(15)32-22(20)25-19/h5-6,11H,1-4,7-10,13H2,(H,24,25,29). The molecule has 2 aromatic heterocycles. The fourth-order valence-electron chi connectivity index (χ4n) is 4.65. The van der Waals surface area contributed by atoms with Crippen molar-refractivity contribution in [3.63, 3.8) is 0 Å². The highest BCUT2D eigenvalue weighted by Gasteiger charge is 2.25. The minimum absolute atomic E-state index is 0.0451. The van der Waals surface area contributed by atoms with Crippen molar-refractivity contribution in [2.75, 3.05) is 31.1 Å². The number of nitrogens with zero attached hydrogens (tertiary/aromatic N) is 5. The first kappa shape index (κ1) is 20.6. The van der Waals surface area contributed by atoms with Gasteiger partial charge in [-0.25, -0.2) is 4.98 Å². The van der Waals surface area contributed by atoms with Gasteiger partial charge in [-0.15, -0.1) is 11.3 Å². The summed E-state index contributed by atoms with van der Waals surface area (Å²) in [6.07, 6.45) is 4.30. The molecular weight excluding hydrogens is 428 g/mol. The van der Waals surface area contributed by atoms with Crippen LogP contribution < -0.4 is 10.5 Å². The molecular formula is C22H22N6O3S. The lowest BCUT2D eigenvalue weighted by molar-refractivity contribution is -0.384. The van der Waals surface area contributed by atoms with Crippen LogP contribution in [0, 0.1) is 21.4 Å². The van der Waals surface area contributed by atoms with E-state index in [-0.39, 0.29) is 16.8 Å². The van der Waals surface area contributed by atoms with Gasteiger partial charge in [-0.05, 0) is 43.4 Å². The van der Waals surface area contributed by atoms with Crippen molar-refractivity contribution in [3.05, 3.63) is 60.5 Å². The Labute approximate surface area is 188 Å². The number of nitro benzene ring substituents is 1. The predicted molar refractivity (Wildman–Crippen MR) is 122 cm³/mol. The number of nitriles is 1. The van der Waals surface area contributed by atoms with E-state index in [0.29, 0.717) is 44.2 Å². The normalized spacial score (nSPS) is 16.7. The molecule has 0 radical (unpaired) electrons. The molecule has 2 aliphatic rings. The summed E-state index contributed by atoms with van der Waals surface area (Å²) in [6.45, 7) is 3.16. The van der Waals surface area contributed by atoms with E-state index in [1.54, 1.807) is 23.5 Å². The molecule has 9 nitrogen and oxygen atoms in total. The van der Waals surface area contributed by atoms with E-state index >= 15 is 0 Å². The summed E-state index contributed by atoms with van der Waals surface area (Å²) in [7, 11) is 0. The Morgan fingerprint density at radius 2 is 2.00 bits per heavy atom. The Kier molecular flexibility index (Phi) is 5.36. The van der Waals surface area contributed by atoms with Gasteiger partial charge in [0.1, 0.15) is 16.3 Å². The Balaban J connectivity index is 1.31. The third-order valence-electron chi connectivity index (χ3n) is 6.26. The molecule has 1 saturated heterocycles. The first-order valence-corrected chi connectivity index (χ1v) is 11.5. The lowest BCUT2D eigenvalue weighted by atomic mass is 9.97. The maximum atomic E-state index is 12.8. The summed E-state index contributed by atoms with van der Waals surface area (Å²) < 4.78 is 0. The highest BCUT2D eigenvalue weighted by atomic mass is 32.1. The summed E-state index contributed by atoms with van der Waals surface area (Å²) in [5.74, 6) is 0.666. The molecule has 32 heavy (non-hydrogen) atoms. The molecule has 0 atom stereocenters. The van der Waals surface area contributed by atoms with Crippen LogP contribution in [0.1, 0.15) is 34.7 Å². The van der Waals surface area contributed by atoms with Gasteiger partial charge in [-0.1, -0.05) is 0 Å². The van der Waals surface area contributed by atoms with Gasteiger partial charge < -0.3 is 9.88 Å². The van der Waals surface area contributed by atoms with Crippen LogP contribution in [0.4, 0.5) is 11.4 Å². The second kappa shape index (κ2) is 8.33. The average molecular weight is 451 g/mol. The number of fused-ring (bicyclic) bond motifs is 3. The Bertz CT molecular complexity index is 1300. The van der Waals surface area contributed by atoms with E-state index in [1.807, 2.05) is 11.0 Å². The molecule has 1 fully saturated rings. The number of anilines is 1. The third-order valence-corrected chi connectivity index (χ3v) is 7.45. The second-order valence-electron chi connectivity index (χ2n) is 8.24. The van der Waals surface area contributed by atoms with E-state index in [4.69, 9.17) is 10.2 Å².